The number of ether oxygens (including phenoxy) is 1. The van der Waals surface area contributed by atoms with Gasteiger partial charge in [0.1, 0.15) is 12.1 Å². The van der Waals surface area contributed by atoms with Gasteiger partial charge in [-0.3, -0.25) is 4.90 Å². The number of anilines is 1. The van der Waals surface area contributed by atoms with Crippen LogP contribution in [0, 0.1) is 12.7 Å². The Hall–Kier alpha value is -2.99. The molecule has 2 fully saturated rings. The van der Waals surface area contributed by atoms with Crippen LogP contribution in [0.1, 0.15) is 37.0 Å². The Morgan fingerprint density at radius 3 is 2.16 bits per heavy atom. The van der Waals surface area contributed by atoms with E-state index in [4.69, 9.17) is 4.74 Å². The Bertz CT molecular complexity index is 1090. The van der Waals surface area contributed by atoms with E-state index in [1.165, 1.54) is 23.9 Å². The van der Waals surface area contributed by atoms with Crippen molar-refractivity contribution in [3.63, 3.8) is 0 Å². The van der Waals surface area contributed by atoms with Crippen LogP contribution in [0.4, 0.5) is 10.2 Å². The molecule has 1 aromatic heterocycles. The van der Waals surface area contributed by atoms with Gasteiger partial charge in [0, 0.05) is 24.5 Å². The highest BCUT2D eigenvalue weighted by Gasteiger charge is 2.36. The van der Waals surface area contributed by atoms with E-state index < -0.39 is 5.82 Å². The van der Waals surface area contributed by atoms with Crippen molar-refractivity contribution in [2.75, 3.05) is 31.1 Å². The van der Waals surface area contributed by atoms with Crippen molar-refractivity contribution in [3.05, 3.63) is 77.4 Å². The first-order chi connectivity index (χ1) is 15.4. The fraction of sp³-hybridized carbons (Fsp3) is 0.385. The van der Waals surface area contributed by atoms with Crippen molar-refractivity contribution < 1.29 is 9.13 Å². The number of nitrogens with zero attached hydrogens (tertiary/aromatic N) is 4. The van der Waals surface area contributed by atoms with Crippen molar-refractivity contribution in [2.45, 2.75) is 38.6 Å². The smallest absolute Gasteiger partial charge is 0.261 e. The first-order valence-electron chi connectivity index (χ1n) is 11.3. The summed E-state index contributed by atoms with van der Waals surface area (Å²) in [6, 6.07) is 16.9. The average molecular weight is 433 g/mol. The van der Waals surface area contributed by atoms with Crippen LogP contribution in [0.5, 0.6) is 11.6 Å². The second-order valence-electron chi connectivity index (χ2n) is 9.38. The molecule has 0 aliphatic carbocycles. The molecule has 0 spiro atoms. The zero-order valence-corrected chi connectivity index (χ0v) is 18.9. The van der Waals surface area contributed by atoms with Gasteiger partial charge in [-0.2, -0.15) is 9.37 Å². The minimum absolute atomic E-state index is 0.0343. The molecule has 2 aromatic carbocycles. The molecule has 0 amide bonds. The van der Waals surface area contributed by atoms with Crippen LogP contribution < -0.4 is 9.64 Å². The van der Waals surface area contributed by atoms with Gasteiger partial charge < -0.3 is 9.64 Å². The lowest BCUT2D eigenvalue weighted by atomic mass is 9.78. The van der Waals surface area contributed by atoms with Gasteiger partial charge in [0.25, 0.3) is 5.88 Å². The molecule has 0 bridgehead atoms. The Morgan fingerprint density at radius 1 is 0.938 bits per heavy atom. The van der Waals surface area contributed by atoms with E-state index in [1.807, 2.05) is 29.2 Å². The summed E-state index contributed by atoms with van der Waals surface area (Å²) in [7, 11) is 0. The molecule has 5 nitrogen and oxygen atoms in total. The Labute approximate surface area is 188 Å². The summed E-state index contributed by atoms with van der Waals surface area (Å²) in [5, 5.41) is 0. The monoisotopic (exact) mass is 432 g/mol. The van der Waals surface area contributed by atoms with Crippen LogP contribution in [-0.4, -0.2) is 47.1 Å². The van der Waals surface area contributed by atoms with E-state index in [1.54, 1.807) is 0 Å². The summed E-state index contributed by atoms with van der Waals surface area (Å²) in [5.41, 5.74) is 3.50. The standard InChI is InChI=1S/C26H29FN4O/c1-18-5-7-19(8-6-18)26(2,3)20-9-11-22(12-10-20)32-25-23(27)24(28-17-29-25)31-15-21(16-31)30-13-4-14-30/h5-12,17,21H,4,13-16H2,1-3H3. The SMILES string of the molecule is Cc1ccc(C(C)(C)c2ccc(Oc3ncnc(N4CC(N5CCC5)C4)c3F)cc2)cc1. The summed E-state index contributed by atoms with van der Waals surface area (Å²) in [4.78, 5) is 12.6. The number of aromatic nitrogens is 2. The summed E-state index contributed by atoms with van der Waals surface area (Å²) >= 11 is 0. The summed E-state index contributed by atoms with van der Waals surface area (Å²) in [5.74, 6) is 0.342. The van der Waals surface area contributed by atoms with Crippen LogP contribution in [0.25, 0.3) is 0 Å². The first-order valence-corrected chi connectivity index (χ1v) is 11.3. The highest BCUT2D eigenvalue weighted by atomic mass is 19.1. The number of hydrogen-bond donors (Lipinski definition) is 0. The first kappa shape index (κ1) is 20.9. The Morgan fingerprint density at radius 2 is 1.56 bits per heavy atom. The molecule has 3 heterocycles. The molecule has 2 saturated heterocycles. The largest absolute Gasteiger partial charge is 0.436 e. The summed E-state index contributed by atoms with van der Waals surface area (Å²) in [6.07, 6.45) is 2.64. The van der Waals surface area contributed by atoms with E-state index in [0.29, 0.717) is 17.6 Å². The molecule has 2 aliphatic rings. The number of halogens is 1. The molecular formula is C26H29FN4O. The molecule has 2 aliphatic heterocycles. The Balaban J connectivity index is 1.29. The van der Waals surface area contributed by atoms with Crippen LogP contribution in [0.3, 0.4) is 0 Å². The van der Waals surface area contributed by atoms with Crippen LogP contribution >= 0.6 is 0 Å². The molecule has 6 heteroatoms. The second kappa shape index (κ2) is 8.17. The van der Waals surface area contributed by atoms with E-state index in [-0.39, 0.29) is 11.3 Å². The predicted octanol–water partition coefficient (Wildman–Crippen LogP) is 4.94. The predicted molar refractivity (Wildman–Crippen MR) is 124 cm³/mol. The highest BCUT2D eigenvalue weighted by Crippen LogP contribution is 2.35. The third-order valence-corrected chi connectivity index (χ3v) is 6.87. The molecular weight excluding hydrogens is 403 g/mol. The van der Waals surface area contributed by atoms with Gasteiger partial charge in [0.15, 0.2) is 5.82 Å². The van der Waals surface area contributed by atoms with Crippen LogP contribution in [-0.2, 0) is 5.41 Å². The summed E-state index contributed by atoms with van der Waals surface area (Å²) in [6.45, 7) is 10.4. The van der Waals surface area contributed by atoms with Crippen molar-refractivity contribution in [1.29, 1.82) is 0 Å². The van der Waals surface area contributed by atoms with Gasteiger partial charge in [-0.05, 0) is 49.7 Å². The number of rotatable bonds is 6. The van der Waals surface area contributed by atoms with Crippen molar-refractivity contribution in [1.82, 2.24) is 14.9 Å². The zero-order valence-electron chi connectivity index (χ0n) is 18.9. The zero-order chi connectivity index (χ0) is 22.3. The molecule has 0 radical (unpaired) electrons. The molecule has 0 N–H and O–H groups in total. The van der Waals surface area contributed by atoms with E-state index >= 15 is 4.39 Å². The average Bonchev–Trinajstić information content (AvgIpc) is 2.72. The second-order valence-corrected chi connectivity index (χ2v) is 9.38. The van der Waals surface area contributed by atoms with Gasteiger partial charge in [-0.15, -0.1) is 0 Å². The molecule has 0 atom stereocenters. The topological polar surface area (TPSA) is 41.5 Å². The van der Waals surface area contributed by atoms with Gasteiger partial charge >= 0.3 is 0 Å². The fourth-order valence-corrected chi connectivity index (χ4v) is 4.39. The maximum atomic E-state index is 15.1. The molecule has 0 unspecified atom stereocenters. The van der Waals surface area contributed by atoms with Gasteiger partial charge in [-0.25, -0.2) is 4.98 Å². The van der Waals surface area contributed by atoms with Crippen molar-refractivity contribution in [3.8, 4) is 11.6 Å². The lowest BCUT2D eigenvalue weighted by Gasteiger charge is -2.49. The molecule has 0 saturated carbocycles. The minimum atomic E-state index is -0.501. The lowest BCUT2D eigenvalue weighted by Crippen LogP contribution is -2.63. The van der Waals surface area contributed by atoms with E-state index in [0.717, 1.165) is 31.7 Å². The normalized spacial score (nSPS) is 17.1. The molecule has 166 valence electrons. The highest BCUT2D eigenvalue weighted by molar-refractivity contribution is 5.48. The third kappa shape index (κ3) is 3.84. The maximum absolute atomic E-state index is 15.1. The van der Waals surface area contributed by atoms with Crippen molar-refractivity contribution in [2.24, 2.45) is 0 Å². The number of likely N-dealkylation sites (tertiary alicyclic amines) is 1. The molecule has 3 aromatic rings. The van der Waals surface area contributed by atoms with E-state index in [9.17, 15) is 0 Å². The van der Waals surface area contributed by atoms with Crippen LogP contribution in [0.15, 0.2) is 54.9 Å². The van der Waals surface area contributed by atoms with Gasteiger partial charge in [0.2, 0.25) is 5.82 Å². The number of hydrogen-bond acceptors (Lipinski definition) is 5. The molecule has 32 heavy (non-hydrogen) atoms. The minimum Gasteiger partial charge on any atom is -0.436 e. The maximum Gasteiger partial charge on any atom is 0.261 e. The van der Waals surface area contributed by atoms with Gasteiger partial charge in [0.05, 0.1) is 0 Å². The molecule has 5 rings (SSSR count). The van der Waals surface area contributed by atoms with Crippen molar-refractivity contribution >= 4 is 5.82 Å². The lowest BCUT2D eigenvalue weighted by molar-refractivity contribution is 0.0969. The Kier molecular flexibility index (Phi) is 5.33. The number of benzene rings is 2. The number of aryl methyl sites for hydroxylation is 1. The third-order valence-electron chi connectivity index (χ3n) is 6.87. The summed E-state index contributed by atoms with van der Waals surface area (Å²) < 4.78 is 20.9. The van der Waals surface area contributed by atoms with Gasteiger partial charge in [-0.1, -0.05) is 55.8 Å². The quantitative estimate of drug-likeness (QED) is 0.552. The van der Waals surface area contributed by atoms with Crippen LogP contribution in [0.2, 0.25) is 0 Å². The fourth-order valence-electron chi connectivity index (χ4n) is 4.39. The van der Waals surface area contributed by atoms with E-state index in [2.05, 4.69) is 59.9 Å².